The first-order chi connectivity index (χ1) is 13.6. The summed E-state index contributed by atoms with van der Waals surface area (Å²) in [6.45, 7) is 3.88. The number of carbonyl (C=O) groups excluding carboxylic acids is 2. The van der Waals surface area contributed by atoms with E-state index in [4.69, 9.17) is 4.63 Å². The largest absolute Gasteiger partial charge is 0.353 e. The molecule has 2 amide bonds. The smallest absolute Gasteiger partial charge is 0.230 e. The minimum absolute atomic E-state index is 0.00569. The Bertz CT molecular complexity index is 812. The third-order valence-electron chi connectivity index (χ3n) is 4.58. The van der Waals surface area contributed by atoms with Gasteiger partial charge in [-0.05, 0) is 30.1 Å². The number of nitrogens with zero attached hydrogens (tertiary/aromatic N) is 5. The zero-order chi connectivity index (χ0) is 19.9. The fraction of sp³-hybridized carbons (Fsp3) is 0.647. The summed E-state index contributed by atoms with van der Waals surface area (Å²) in [7, 11) is 0. The summed E-state index contributed by atoms with van der Waals surface area (Å²) >= 11 is 1.32. The van der Waals surface area contributed by atoms with Crippen molar-refractivity contribution in [1.82, 2.24) is 30.4 Å². The lowest BCUT2D eigenvalue weighted by molar-refractivity contribution is -0.119. The molecule has 152 valence electrons. The van der Waals surface area contributed by atoms with E-state index in [0.717, 1.165) is 12.8 Å². The first-order valence-electron chi connectivity index (χ1n) is 9.54. The maximum atomic E-state index is 12.3. The van der Waals surface area contributed by atoms with E-state index in [9.17, 15) is 9.59 Å². The molecule has 2 heterocycles. The van der Waals surface area contributed by atoms with Gasteiger partial charge < -0.3 is 15.2 Å². The normalized spacial score (nSPS) is 15.2. The minimum Gasteiger partial charge on any atom is -0.353 e. The number of anilines is 1. The van der Waals surface area contributed by atoms with Crippen LogP contribution in [0.3, 0.4) is 0 Å². The summed E-state index contributed by atoms with van der Waals surface area (Å²) in [4.78, 5) is 23.6. The zero-order valence-electron chi connectivity index (χ0n) is 16.1. The molecule has 0 atom stereocenters. The Morgan fingerprint density at radius 1 is 1.18 bits per heavy atom. The highest BCUT2D eigenvalue weighted by Crippen LogP contribution is 2.27. The second-order valence-electron chi connectivity index (χ2n) is 6.74. The molecule has 28 heavy (non-hydrogen) atoms. The van der Waals surface area contributed by atoms with Crippen molar-refractivity contribution in [3.63, 3.8) is 0 Å². The summed E-state index contributed by atoms with van der Waals surface area (Å²) in [6, 6.07) is 0.275. The fourth-order valence-electron chi connectivity index (χ4n) is 3.26. The molecule has 0 bridgehead atoms. The molecule has 1 saturated carbocycles. The van der Waals surface area contributed by atoms with Gasteiger partial charge in [-0.15, -0.1) is 10.2 Å². The number of carbonyl (C=O) groups is 2. The Morgan fingerprint density at radius 3 is 2.61 bits per heavy atom. The first-order valence-corrected chi connectivity index (χ1v) is 10.5. The van der Waals surface area contributed by atoms with Crippen LogP contribution in [0, 0.1) is 0 Å². The van der Waals surface area contributed by atoms with Crippen molar-refractivity contribution in [2.45, 2.75) is 70.1 Å². The number of aromatic nitrogens is 5. The van der Waals surface area contributed by atoms with E-state index in [-0.39, 0.29) is 29.4 Å². The van der Waals surface area contributed by atoms with Gasteiger partial charge in [0.1, 0.15) is 0 Å². The van der Waals surface area contributed by atoms with Crippen LogP contribution in [-0.4, -0.2) is 48.7 Å². The second kappa shape index (κ2) is 9.67. The molecule has 10 nitrogen and oxygen atoms in total. The van der Waals surface area contributed by atoms with E-state index in [1.54, 1.807) is 0 Å². The topological polar surface area (TPSA) is 128 Å². The third-order valence-corrected chi connectivity index (χ3v) is 5.55. The van der Waals surface area contributed by atoms with Crippen LogP contribution in [0.4, 0.5) is 5.82 Å². The molecule has 1 aliphatic rings. The molecule has 1 aliphatic carbocycles. The van der Waals surface area contributed by atoms with Crippen molar-refractivity contribution in [1.29, 1.82) is 0 Å². The molecule has 2 aromatic rings. The maximum Gasteiger partial charge on any atom is 0.230 e. The Hall–Kier alpha value is -2.43. The van der Waals surface area contributed by atoms with E-state index >= 15 is 0 Å². The van der Waals surface area contributed by atoms with Crippen LogP contribution in [-0.2, 0) is 16.1 Å². The fourth-order valence-corrected chi connectivity index (χ4v) is 4.08. The molecule has 0 spiro atoms. The molecule has 0 unspecified atom stereocenters. The number of thioether (sulfide) groups is 1. The van der Waals surface area contributed by atoms with Crippen molar-refractivity contribution in [2.75, 3.05) is 11.1 Å². The van der Waals surface area contributed by atoms with Gasteiger partial charge in [-0.1, -0.05) is 37.4 Å². The quantitative estimate of drug-likeness (QED) is 0.528. The monoisotopic (exact) mass is 407 g/mol. The average Bonchev–Trinajstić information content (AvgIpc) is 3.19. The lowest BCUT2D eigenvalue weighted by atomic mass is 10.1. The lowest BCUT2D eigenvalue weighted by Gasteiger charge is -2.15. The van der Waals surface area contributed by atoms with Gasteiger partial charge in [0.25, 0.3) is 0 Å². The van der Waals surface area contributed by atoms with Crippen molar-refractivity contribution in [3.8, 4) is 11.5 Å². The van der Waals surface area contributed by atoms with Gasteiger partial charge in [0, 0.05) is 19.5 Å². The number of nitrogens with one attached hydrogen (secondary N) is 2. The lowest BCUT2D eigenvalue weighted by Crippen LogP contribution is -2.35. The number of hydrogen-bond acceptors (Lipinski definition) is 8. The molecule has 11 heteroatoms. The van der Waals surface area contributed by atoms with Crippen molar-refractivity contribution in [3.05, 3.63) is 0 Å². The summed E-state index contributed by atoms with van der Waals surface area (Å²) in [5.41, 5.74) is 0.305. The van der Waals surface area contributed by atoms with Gasteiger partial charge in [-0.25, -0.2) is 4.63 Å². The molecule has 2 aromatic heterocycles. The van der Waals surface area contributed by atoms with Crippen LogP contribution in [0.1, 0.15) is 52.4 Å². The summed E-state index contributed by atoms with van der Waals surface area (Å²) < 4.78 is 6.55. The van der Waals surface area contributed by atoms with Crippen LogP contribution >= 0.6 is 11.8 Å². The van der Waals surface area contributed by atoms with Crippen LogP contribution < -0.4 is 10.6 Å². The molecule has 2 N–H and O–H groups in total. The van der Waals surface area contributed by atoms with Gasteiger partial charge in [-0.3, -0.25) is 9.59 Å². The van der Waals surface area contributed by atoms with Crippen molar-refractivity contribution >= 4 is 29.4 Å². The number of hydrogen-bond donors (Lipinski definition) is 2. The second-order valence-corrected chi connectivity index (χ2v) is 7.68. The van der Waals surface area contributed by atoms with Gasteiger partial charge in [0.2, 0.25) is 17.6 Å². The predicted molar refractivity (Wildman–Crippen MR) is 104 cm³/mol. The van der Waals surface area contributed by atoms with E-state index in [0.29, 0.717) is 23.2 Å². The molecule has 3 rings (SSSR count). The number of amides is 2. The third kappa shape index (κ3) is 5.09. The highest BCUT2D eigenvalue weighted by atomic mass is 32.2. The maximum absolute atomic E-state index is 12.3. The highest BCUT2D eigenvalue weighted by Gasteiger charge is 2.22. The van der Waals surface area contributed by atoms with Crippen molar-refractivity contribution < 1.29 is 14.2 Å². The highest BCUT2D eigenvalue weighted by molar-refractivity contribution is 7.99. The Balaban J connectivity index is 1.64. The molecule has 1 fully saturated rings. The van der Waals surface area contributed by atoms with E-state index in [2.05, 4.69) is 31.1 Å². The average molecular weight is 408 g/mol. The van der Waals surface area contributed by atoms with Crippen LogP contribution in [0.5, 0.6) is 0 Å². The Morgan fingerprint density at radius 2 is 1.93 bits per heavy atom. The first kappa shape index (κ1) is 20.3. The van der Waals surface area contributed by atoms with E-state index < -0.39 is 0 Å². The SMILES string of the molecule is CCn1c(SCC(=O)NC2CCCCCC2)nnc1-c1nonc1NC(C)=O. The standard InChI is InChI=1S/C17H25N7O3S/c1-3-24-16(14-15(18-11(2)25)23-27-22-14)20-21-17(24)28-10-13(26)19-12-8-6-4-5-7-9-12/h12H,3-10H2,1-2H3,(H,19,26)(H,18,23,25). The molecule has 0 aliphatic heterocycles. The Kier molecular flexibility index (Phi) is 7.01. The Labute approximate surface area is 167 Å². The van der Waals surface area contributed by atoms with E-state index in [1.165, 1.54) is 44.4 Å². The minimum atomic E-state index is -0.288. The van der Waals surface area contributed by atoms with Gasteiger partial charge in [0.15, 0.2) is 16.7 Å². The summed E-state index contributed by atoms with van der Waals surface area (Å²) in [6.07, 6.45) is 6.96. The van der Waals surface area contributed by atoms with E-state index in [1.807, 2.05) is 11.5 Å². The molecule has 0 aromatic carbocycles. The van der Waals surface area contributed by atoms with Crippen molar-refractivity contribution in [2.24, 2.45) is 0 Å². The zero-order valence-corrected chi connectivity index (χ0v) is 16.9. The van der Waals surface area contributed by atoms with Crippen LogP contribution in [0.2, 0.25) is 0 Å². The molecule has 0 saturated heterocycles. The molecule has 0 radical (unpaired) electrons. The molecular formula is C17H25N7O3S. The van der Waals surface area contributed by atoms with Gasteiger partial charge >= 0.3 is 0 Å². The van der Waals surface area contributed by atoms with Crippen LogP contribution in [0.15, 0.2) is 9.79 Å². The van der Waals surface area contributed by atoms with Crippen LogP contribution in [0.25, 0.3) is 11.5 Å². The summed E-state index contributed by atoms with van der Waals surface area (Å²) in [5, 5.41) is 22.1. The predicted octanol–water partition coefficient (Wildman–Crippen LogP) is 2.24. The van der Waals surface area contributed by atoms with Gasteiger partial charge in [0.05, 0.1) is 5.75 Å². The molecular weight excluding hydrogens is 382 g/mol. The number of rotatable bonds is 7. The van der Waals surface area contributed by atoms with Gasteiger partial charge in [-0.2, -0.15) is 0 Å². The summed E-state index contributed by atoms with van der Waals surface area (Å²) in [5.74, 6) is 0.608.